The summed E-state index contributed by atoms with van der Waals surface area (Å²) in [6.07, 6.45) is 3.37. The average Bonchev–Trinajstić information content (AvgIpc) is 3.45. The monoisotopic (exact) mass is 568 g/mol. The minimum Gasteiger partial charge on any atom is -0.366 e. The number of aromatic nitrogens is 4. The molecule has 1 amide bonds. The molecule has 0 radical (unpaired) electrons. The van der Waals surface area contributed by atoms with Gasteiger partial charge in [0.05, 0.1) is 5.69 Å². The second kappa shape index (κ2) is 11.9. The first-order valence-corrected chi connectivity index (χ1v) is 14.2. The lowest BCUT2D eigenvalue weighted by Crippen LogP contribution is -2.49. The molecule has 41 heavy (non-hydrogen) atoms. The Kier molecular flexibility index (Phi) is 7.73. The van der Waals surface area contributed by atoms with Gasteiger partial charge in [-0.1, -0.05) is 42.1 Å². The molecule has 0 atom stereocenters. The van der Waals surface area contributed by atoms with Gasteiger partial charge in [-0.15, -0.1) is 10.2 Å². The fraction of sp³-hybridized carbons (Fsp3) is 0.161. The van der Waals surface area contributed by atoms with E-state index >= 15 is 0 Å². The standard InChI is InChI=1S/C31H26F2N6OS/c32-24-9-11-25(12-10-24)39-29(22-13-15-34-16-14-22)35-36-31(39)41-21-23-5-1-2-6-26(23)30(40)38-19-17-37(18-20-38)28-8-4-3-7-27(28)33/h1-16H,17-21H2. The van der Waals surface area contributed by atoms with Gasteiger partial charge in [0.1, 0.15) is 11.6 Å². The summed E-state index contributed by atoms with van der Waals surface area (Å²) in [7, 11) is 0. The van der Waals surface area contributed by atoms with Crippen molar-refractivity contribution in [2.45, 2.75) is 10.9 Å². The molecule has 1 fully saturated rings. The predicted molar refractivity (Wildman–Crippen MR) is 155 cm³/mol. The molecule has 0 unspecified atom stereocenters. The quantitative estimate of drug-likeness (QED) is 0.229. The molecule has 3 heterocycles. The molecular formula is C31H26F2N6OS. The van der Waals surface area contributed by atoms with Crippen molar-refractivity contribution in [3.8, 4) is 17.1 Å². The van der Waals surface area contributed by atoms with E-state index in [9.17, 15) is 13.6 Å². The number of carbonyl (C=O) groups excluding carboxylic acids is 1. The second-order valence-corrected chi connectivity index (χ2v) is 10.5. The summed E-state index contributed by atoms with van der Waals surface area (Å²) in [5, 5.41) is 9.49. The molecule has 0 aliphatic carbocycles. The Hall–Kier alpha value is -4.57. The van der Waals surface area contributed by atoms with Gasteiger partial charge in [0.2, 0.25) is 0 Å². The van der Waals surface area contributed by atoms with E-state index < -0.39 is 0 Å². The van der Waals surface area contributed by atoms with Gasteiger partial charge in [-0.05, 0) is 60.2 Å². The summed E-state index contributed by atoms with van der Waals surface area (Å²) in [6.45, 7) is 2.12. The SMILES string of the molecule is O=C(c1ccccc1CSc1nnc(-c2ccncc2)n1-c1ccc(F)cc1)N1CCN(c2ccccc2F)CC1. The van der Waals surface area contributed by atoms with Gasteiger partial charge in [-0.2, -0.15) is 0 Å². The molecule has 2 aromatic heterocycles. The van der Waals surface area contributed by atoms with Crippen molar-refractivity contribution in [1.29, 1.82) is 0 Å². The van der Waals surface area contributed by atoms with Gasteiger partial charge in [0.15, 0.2) is 11.0 Å². The van der Waals surface area contributed by atoms with Crippen LogP contribution < -0.4 is 4.90 Å². The van der Waals surface area contributed by atoms with Crippen LogP contribution in [0.15, 0.2) is 102 Å². The highest BCUT2D eigenvalue weighted by Crippen LogP contribution is 2.31. The highest BCUT2D eigenvalue weighted by Gasteiger charge is 2.25. The van der Waals surface area contributed by atoms with Crippen LogP contribution in [-0.2, 0) is 5.75 Å². The summed E-state index contributed by atoms with van der Waals surface area (Å²) in [6, 6.07) is 24.1. The molecule has 206 valence electrons. The smallest absolute Gasteiger partial charge is 0.254 e. The summed E-state index contributed by atoms with van der Waals surface area (Å²) in [5.41, 5.74) is 3.61. The van der Waals surface area contributed by atoms with E-state index in [1.807, 2.05) is 56.8 Å². The van der Waals surface area contributed by atoms with Crippen molar-refractivity contribution in [3.05, 3.63) is 120 Å². The van der Waals surface area contributed by atoms with Gasteiger partial charge in [-0.25, -0.2) is 8.78 Å². The number of pyridine rings is 1. The van der Waals surface area contributed by atoms with Gasteiger partial charge >= 0.3 is 0 Å². The van der Waals surface area contributed by atoms with Crippen LogP contribution in [0.1, 0.15) is 15.9 Å². The lowest BCUT2D eigenvalue weighted by atomic mass is 10.1. The number of para-hydroxylation sites is 1. The Labute approximate surface area is 240 Å². The normalized spacial score (nSPS) is 13.4. The van der Waals surface area contributed by atoms with Crippen LogP contribution in [0.2, 0.25) is 0 Å². The molecular weight excluding hydrogens is 542 g/mol. The van der Waals surface area contributed by atoms with Gasteiger partial charge < -0.3 is 9.80 Å². The number of amides is 1. The van der Waals surface area contributed by atoms with Crippen LogP contribution in [-0.4, -0.2) is 56.7 Å². The van der Waals surface area contributed by atoms with Gasteiger partial charge in [-0.3, -0.25) is 14.3 Å². The maximum atomic E-state index is 14.3. The van der Waals surface area contributed by atoms with Crippen molar-refractivity contribution in [1.82, 2.24) is 24.6 Å². The number of carbonyl (C=O) groups is 1. The molecule has 5 aromatic rings. The number of thioether (sulfide) groups is 1. The third-order valence-electron chi connectivity index (χ3n) is 7.02. The van der Waals surface area contributed by atoms with E-state index in [2.05, 4.69) is 15.2 Å². The maximum Gasteiger partial charge on any atom is 0.254 e. The number of halogens is 2. The molecule has 0 spiro atoms. The summed E-state index contributed by atoms with van der Waals surface area (Å²) < 4.78 is 29.9. The zero-order valence-electron chi connectivity index (χ0n) is 22.0. The highest BCUT2D eigenvalue weighted by atomic mass is 32.2. The average molecular weight is 569 g/mol. The highest BCUT2D eigenvalue weighted by molar-refractivity contribution is 7.98. The van der Waals surface area contributed by atoms with Crippen LogP contribution >= 0.6 is 11.8 Å². The molecule has 7 nitrogen and oxygen atoms in total. The maximum absolute atomic E-state index is 14.3. The topological polar surface area (TPSA) is 67.2 Å². The Balaban J connectivity index is 1.21. The lowest BCUT2D eigenvalue weighted by molar-refractivity contribution is 0.0746. The minimum atomic E-state index is -0.330. The van der Waals surface area contributed by atoms with E-state index in [-0.39, 0.29) is 17.5 Å². The van der Waals surface area contributed by atoms with E-state index in [0.29, 0.717) is 54.2 Å². The van der Waals surface area contributed by atoms with Crippen molar-refractivity contribution < 1.29 is 13.6 Å². The van der Waals surface area contributed by atoms with E-state index in [0.717, 1.165) is 16.8 Å². The zero-order chi connectivity index (χ0) is 28.2. The number of rotatable bonds is 7. The van der Waals surface area contributed by atoms with E-state index in [1.165, 1.54) is 30.0 Å². The summed E-state index contributed by atoms with van der Waals surface area (Å²) >= 11 is 1.45. The van der Waals surface area contributed by atoms with Crippen molar-refractivity contribution in [3.63, 3.8) is 0 Å². The predicted octanol–water partition coefficient (Wildman–Crippen LogP) is 5.86. The number of nitrogens with zero attached hydrogens (tertiary/aromatic N) is 6. The first-order chi connectivity index (χ1) is 20.1. The first-order valence-electron chi connectivity index (χ1n) is 13.2. The Bertz CT molecular complexity index is 1650. The third-order valence-corrected chi connectivity index (χ3v) is 8.00. The van der Waals surface area contributed by atoms with Crippen molar-refractivity contribution >= 4 is 23.4 Å². The molecule has 10 heteroatoms. The number of hydrogen-bond acceptors (Lipinski definition) is 6. The molecule has 6 rings (SSSR count). The Morgan fingerprint density at radius 1 is 0.805 bits per heavy atom. The number of benzene rings is 3. The van der Waals surface area contributed by atoms with E-state index in [4.69, 9.17) is 0 Å². The fourth-order valence-corrected chi connectivity index (χ4v) is 5.86. The number of piperazine rings is 1. The molecule has 1 aliphatic heterocycles. The third kappa shape index (κ3) is 5.69. The molecule has 0 bridgehead atoms. The molecule has 0 saturated carbocycles. The van der Waals surface area contributed by atoms with Crippen LogP contribution in [0.3, 0.4) is 0 Å². The molecule has 1 aliphatic rings. The largest absolute Gasteiger partial charge is 0.366 e. The number of hydrogen-bond donors (Lipinski definition) is 0. The summed E-state index contributed by atoms with van der Waals surface area (Å²) in [5.74, 6) is 0.455. The Morgan fingerprint density at radius 3 is 2.27 bits per heavy atom. The number of anilines is 1. The molecule has 0 N–H and O–H groups in total. The molecule has 1 saturated heterocycles. The van der Waals surface area contributed by atoms with Gasteiger partial charge in [0.25, 0.3) is 5.91 Å². The lowest BCUT2D eigenvalue weighted by Gasteiger charge is -2.36. The van der Waals surface area contributed by atoms with Gasteiger partial charge in [0, 0.05) is 61.1 Å². The zero-order valence-corrected chi connectivity index (χ0v) is 22.8. The second-order valence-electron chi connectivity index (χ2n) is 9.53. The Morgan fingerprint density at radius 2 is 1.51 bits per heavy atom. The van der Waals surface area contributed by atoms with Crippen molar-refractivity contribution in [2.24, 2.45) is 0 Å². The fourth-order valence-electron chi connectivity index (χ4n) is 4.90. The van der Waals surface area contributed by atoms with E-state index in [1.54, 1.807) is 36.7 Å². The molecule has 3 aromatic carbocycles. The van der Waals surface area contributed by atoms with Crippen molar-refractivity contribution in [2.75, 3.05) is 31.1 Å². The summed E-state index contributed by atoms with van der Waals surface area (Å²) in [4.78, 5) is 21.5. The first kappa shape index (κ1) is 26.6. The van der Waals surface area contributed by atoms with Crippen LogP contribution in [0.5, 0.6) is 0 Å². The van der Waals surface area contributed by atoms with Crippen LogP contribution in [0.4, 0.5) is 14.5 Å². The minimum absolute atomic E-state index is 0.0492. The van der Waals surface area contributed by atoms with Crippen LogP contribution in [0, 0.1) is 11.6 Å². The van der Waals surface area contributed by atoms with Crippen LogP contribution in [0.25, 0.3) is 17.1 Å².